The number of benzene rings is 2. The molecular formula is C23H27N5O4S. The van der Waals surface area contributed by atoms with E-state index in [1.54, 1.807) is 42.6 Å². The maximum Gasteiger partial charge on any atom is 0.261 e. The summed E-state index contributed by atoms with van der Waals surface area (Å²) in [5.74, 6) is 1.28. The lowest BCUT2D eigenvalue weighted by Crippen LogP contribution is -2.36. The summed E-state index contributed by atoms with van der Waals surface area (Å²) in [6, 6.07) is 13.7. The third-order valence-electron chi connectivity index (χ3n) is 5.18. The first-order valence-electron chi connectivity index (χ1n) is 10.7. The van der Waals surface area contributed by atoms with E-state index in [1.807, 2.05) is 19.9 Å². The summed E-state index contributed by atoms with van der Waals surface area (Å²) in [5, 5.41) is 11.4. The average Bonchev–Trinajstić information content (AvgIpc) is 2.82. The summed E-state index contributed by atoms with van der Waals surface area (Å²) in [5.41, 5.74) is 2.97. The van der Waals surface area contributed by atoms with Crippen LogP contribution in [0.15, 0.2) is 59.6 Å². The first-order chi connectivity index (χ1) is 15.9. The predicted molar refractivity (Wildman–Crippen MR) is 128 cm³/mol. The molecule has 3 aromatic rings. The molecule has 0 spiro atoms. The fourth-order valence-corrected chi connectivity index (χ4v) is 4.65. The van der Waals surface area contributed by atoms with Crippen LogP contribution in [-0.4, -0.2) is 51.5 Å². The minimum atomic E-state index is -3.72. The van der Waals surface area contributed by atoms with Gasteiger partial charge in [-0.3, -0.25) is 4.72 Å². The third kappa shape index (κ3) is 5.71. The number of nitrogens with one attached hydrogen (secondary N) is 2. The molecule has 0 saturated carbocycles. The lowest BCUT2D eigenvalue weighted by molar-refractivity contribution is 0.122. The molecule has 174 valence electrons. The lowest BCUT2D eigenvalue weighted by atomic mass is 10.2. The van der Waals surface area contributed by atoms with Gasteiger partial charge in [0.1, 0.15) is 5.75 Å². The van der Waals surface area contributed by atoms with Gasteiger partial charge in [-0.05, 0) is 61.9 Å². The highest BCUT2D eigenvalue weighted by Crippen LogP contribution is 2.25. The number of hydrogen-bond acceptors (Lipinski definition) is 8. The van der Waals surface area contributed by atoms with E-state index in [0.717, 1.165) is 30.0 Å². The van der Waals surface area contributed by atoms with Crippen molar-refractivity contribution in [2.75, 3.05) is 47.8 Å². The van der Waals surface area contributed by atoms with Crippen molar-refractivity contribution in [2.24, 2.45) is 0 Å². The summed E-state index contributed by atoms with van der Waals surface area (Å²) in [6.45, 7) is 7.24. The Morgan fingerprint density at radius 3 is 2.48 bits per heavy atom. The van der Waals surface area contributed by atoms with Gasteiger partial charge in [0.15, 0.2) is 5.82 Å². The van der Waals surface area contributed by atoms with E-state index in [1.165, 1.54) is 6.07 Å². The Morgan fingerprint density at radius 1 is 1.06 bits per heavy atom. The molecule has 0 bridgehead atoms. The van der Waals surface area contributed by atoms with Gasteiger partial charge in [0.25, 0.3) is 10.0 Å². The highest BCUT2D eigenvalue weighted by atomic mass is 32.2. The monoisotopic (exact) mass is 469 g/mol. The Labute approximate surface area is 193 Å². The SMILES string of the molecule is CCOc1ccc(S(=O)(=O)Nc2ccc(Nc3cc(N4CCOCC4)cnn3)cc2)cc1C. The van der Waals surface area contributed by atoms with Gasteiger partial charge in [0, 0.05) is 30.5 Å². The van der Waals surface area contributed by atoms with Gasteiger partial charge >= 0.3 is 0 Å². The fraction of sp³-hybridized carbons (Fsp3) is 0.304. The van der Waals surface area contributed by atoms with Crippen molar-refractivity contribution in [3.8, 4) is 5.75 Å². The van der Waals surface area contributed by atoms with Gasteiger partial charge in [-0.2, -0.15) is 5.10 Å². The average molecular weight is 470 g/mol. The minimum Gasteiger partial charge on any atom is -0.494 e. The van der Waals surface area contributed by atoms with E-state index < -0.39 is 10.0 Å². The fourth-order valence-electron chi connectivity index (χ4n) is 3.50. The molecule has 10 heteroatoms. The normalized spacial score (nSPS) is 14.1. The second-order valence-corrected chi connectivity index (χ2v) is 9.25. The van der Waals surface area contributed by atoms with Crippen LogP contribution in [0.4, 0.5) is 22.9 Å². The van der Waals surface area contributed by atoms with Crippen LogP contribution in [0.5, 0.6) is 5.75 Å². The summed E-state index contributed by atoms with van der Waals surface area (Å²) in [7, 11) is -3.72. The number of aryl methyl sites for hydroxylation is 1. The topological polar surface area (TPSA) is 106 Å². The maximum atomic E-state index is 12.8. The van der Waals surface area contributed by atoms with E-state index in [2.05, 4.69) is 25.1 Å². The van der Waals surface area contributed by atoms with Crippen molar-refractivity contribution < 1.29 is 17.9 Å². The summed E-state index contributed by atoms with van der Waals surface area (Å²) < 4.78 is 39.1. The molecule has 1 saturated heterocycles. The molecule has 2 aromatic carbocycles. The van der Waals surface area contributed by atoms with Crippen LogP contribution < -0.4 is 19.7 Å². The van der Waals surface area contributed by atoms with Crippen molar-refractivity contribution in [1.29, 1.82) is 0 Å². The third-order valence-corrected chi connectivity index (χ3v) is 6.56. The molecule has 1 aliphatic heterocycles. The molecule has 33 heavy (non-hydrogen) atoms. The molecule has 0 aliphatic carbocycles. The zero-order chi connectivity index (χ0) is 23.3. The first kappa shape index (κ1) is 22.8. The number of rotatable bonds is 8. The molecule has 0 unspecified atom stereocenters. The van der Waals surface area contributed by atoms with E-state index in [4.69, 9.17) is 9.47 Å². The quantitative estimate of drug-likeness (QED) is 0.516. The van der Waals surface area contributed by atoms with Crippen molar-refractivity contribution in [1.82, 2.24) is 10.2 Å². The Kier molecular flexibility index (Phi) is 6.95. The second kappa shape index (κ2) is 10.1. The molecular weight excluding hydrogens is 442 g/mol. The van der Waals surface area contributed by atoms with Crippen LogP contribution in [0.2, 0.25) is 0 Å². The first-order valence-corrected chi connectivity index (χ1v) is 12.2. The largest absolute Gasteiger partial charge is 0.494 e. The Bertz CT molecular complexity index is 1200. The van der Waals surface area contributed by atoms with E-state index in [0.29, 0.717) is 37.1 Å². The van der Waals surface area contributed by atoms with Crippen molar-refractivity contribution in [2.45, 2.75) is 18.7 Å². The zero-order valence-electron chi connectivity index (χ0n) is 18.6. The van der Waals surface area contributed by atoms with Gasteiger partial charge in [0.05, 0.1) is 36.6 Å². The lowest BCUT2D eigenvalue weighted by Gasteiger charge is -2.28. The number of aromatic nitrogens is 2. The highest BCUT2D eigenvalue weighted by Gasteiger charge is 2.16. The number of anilines is 4. The summed E-state index contributed by atoms with van der Waals surface area (Å²) in [4.78, 5) is 2.38. The predicted octanol–water partition coefficient (Wildman–Crippen LogP) is 3.56. The van der Waals surface area contributed by atoms with Gasteiger partial charge in [-0.1, -0.05) is 0 Å². The number of sulfonamides is 1. The van der Waals surface area contributed by atoms with Crippen LogP contribution in [0, 0.1) is 6.92 Å². The van der Waals surface area contributed by atoms with Crippen molar-refractivity contribution >= 4 is 32.9 Å². The molecule has 2 N–H and O–H groups in total. The van der Waals surface area contributed by atoms with Crippen LogP contribution >= 0.6 is 0 Å². The molecule has 1 fully saturated rings. The van der Waals surface area contributed by atoms with Crippen LogP contribution in [-0.2, 0) is 14.8 Å². The zero-order valence-corrected chi connectivity index (χ0v) is 19.4. The Balaban J connectivity index is 1.43. The second-order valence-electron chi connectivity index (χ2n) is 7.57. The number of hydrogen-bond donors (Lipinski definition) is 2. The smallest absolute Gasteiger partial charge is 0.261 e. The summed E-state index contributed by atoms with van der Waals surface area (Å²) in [6.07, 6.45) is 1.73. The molecule has 0 amide bonds. The molecule has 0 atom stereocenters. The van der Waals surface area contributed by atoms with E-state index in [-0.39, 0.29) is 4.90 Å². The molecule has 1 aromatic heterocycles. The van der Waals surface area contributed by atoms with Crippen LogP contribution in [0.1, 0.15) is 12.5 Å². The standard InChI is InChI=1S/C23H27N5O4S/c1-3-32-22-9-8-21(14-17(22)2)33(29,30)27-19-6-4-18(5-7-19)25-23-15-20(16-24-26-23)28-10-12-31-13-11-28/h4-9,14-16,27H,3,10-13H2,1-2H3,(H,25,26). The van der Waals surface area contributed by atoms with Gasteiger partial charge < -0.3 is 19.7 Å². The number of ether oxygens (including phenoxy) is 2. The molecule has 1 aliphatic rings. The van der Waals surface area contributed by atoms with Crippen LogP contribution in [0.3, 0.4) is 0 Å². The molecule has 2 heterocycles. The highest BCUT2D eigenvalue weighted by molar-refractivity contribution is 7.92. The summed E-state index contributed by atoms with van der Waals surface area (Å²) >= 11 is 0. The van der Waals surface area contributed by atoms with Crippen molar-refractivity contribution in [3.63, 3.8) is 0 Å². The molecule has 9 nitrogen and oxygen atoms in total. The number of nitrogens with zero attached hydrogens (tertiary/aromatic N) is 3. The maximum absolute atomic E-state index is 12.8. The van der Waals surface area contributed by atoms with Crippen molar-refractivity contribution in [3.05, 3.63) is 60.3 Å². The van der Waals surface area contributed by atoms with Crippen LogP contribution in [0.25, 0.3) is 0 Å². The molecule has 4 rings (SSSR count). The Hall–Kier alpha value is -3.37. The number of morpholine rings is 1. The van der Waals surface area contributed by atoms with E-state index >= 15 is 0 Å². The van der Waals surface area contributed by atoms with Gasteiger partial charge in [0.2, 0.25) is 0 Å². The van der Waals surface area contributed by atoms with Gasteiger partial charge in [-0.25, -0.2) is 8.42 Å². The molecule has 0 radical (unpaired) electrons. The van der Waals surface area contributed by atoms with Gasteiger partial charge in [-0.15, -0.1) is 5.10 Å². The minimum absolute atomic E-state index is 0.181. The Morgan fingerprint density at radius 2 is 1.79 bits per heavy atom. The van der Waals surface area contributed by atoms with E-state index in [9.17, 15) is 8.42 Å².